The lowest BCUT2D eigenvalue weighted by molar-refractivity contribution is 0.180. The number of rotatable bonds is 11. The van der Waals surface area contributed by atoms with Crippen molar-refractivity contribution in [3.8, 4) is 0 Å². The van der Waals surface area contributed by atoms with E-state index in [1.165, 1.54) is 5.56 Å². The molecule has 0 aliphatic heterocycles. The van der Waals surface area contributed by atoms with Crippen LogP contribution in [0.1, 0.15) is 70.3 Å². The van der Waals surface area contributed by atoms with Crippen molar-refractivity contribution in [3.05, 3.63) is 59.4 Å². The van der Waals surface area contributed by atoms with Crippen molar-refractivity contribution in [2.75, 3.05) is 25.0 Å². The monoisotopic (exact) mass is 424 g/mol. The summed E-state index contributed by atoms with van der Waals surface area (Å²) in [4.78, 5) is 22.2. The number of pyridine rings is 1. The van der Waals surface area contributed by atoms with E-state index in [2.05, 4.69) is 62.0 Å². The van der Waals surface area contributed by atoms with Crippen LogP contribution in [0.4, 0.5) is 10.5 Å². The Kier molecular flexibility index (Phi) is 9.99. The number of benzene rings is 1. The lowest BCUT2D eigenvalue weighted by atomic mass is 10.0. The maximum absolute atomic E-state index is 13.2. The van der Waals surface area contributed by atoms with Crippen molar-refractivity contribution in [2.24, 2.45) is 0 Å². The Bertz CT molecular complexity index is 799. The Morgan fingerprint density at radius 1 is 1.03 bits per heavy atom. The minimum absolute atomic E-state index is 0.0732. The fourth-order valence-corrected chi connectivity index (χ4v) is 3.74. The molecule has 1 aromatic heterocycles. The highest BCUT2D eigenvalue weighted by molar-refractivity contribution is 5.89. The first-order valence-corrected chi connectivity index (χ1v) is 11.7. The third-order valence-electron chi connectivity index (χ3n) is 5.89. The first-order chi connectivity index (χ1) is 14.8. The van der Waals surface area contributed by atoms with Gasteiger partial charge < -0.3 is 15.1 Å². The second kappa shape index (κ2) is 12.5. The second-order valence-corrected chi connectivity index (χ2v) is 8.62. The molecule has 31 heavy (non-hydrogen) atoms. The van der Waals surface area contributed by atoms with Crippen molar-refractivity contribution in [1.29, 1.82) is 0 Å². The molecular formula is C26H40N4O. The number of carbonyl (C=O) groups excluding carboxylic acids is 1. The third-order valence-corrected chi connectivity index (χ3v) is 5.89. The van der Waals surface area contributed by atoms with Crippen molar-refractivity contribution < 1.29 is 4.79 Å². The van der Waals surface area contributed by atoms with Gasteiger partial charge in [-0.15, -0.1) is 0 Å². The maximum Gasteiger partial charge on any atom is 0.322 e. The van der Waals surface area contributed by atoms with Crippen molar-refractivity contribution in [1.82, 2.24) is 14.8 Å². The second-order valence-electron chi connectivity index (χ2n) is 8.62. The molecule has 170 valence electrons. The third kappa shape index (κ3) is 7.98. The number of nitrogens with one attached hydrogen (secondary N) is 1. The SMILES string of the molecule is CCN(CC)CCCC(C)N(Cc1cccc(C)n1)C(=O)Nc1ccc(C(C)C)cc1. The van der Waals surface area contributed by atoms with Crippen molar-refractivity contribution in [3.63, 3.8) is 0 Å². The molecule has 0 fully saturated rings. The van der Waals surface area contributed by atoms with E-state index in [1.807, 2.05) is 42.2 Å². The van der Waals surface area contributed by atoms with Gasteiger partial charge in [-0.25, -0.2) is 4.79 Å². The number of urea groups is 1. The molecule has 2 aromatic rings. The van der Waals surface area contributed by atoms with Gasteiger partial charge in [0, 0.05) is 17.4 Å². The number of carbonyl (C=O) groups is 1. The lowest BCUT2D eigenvalue weighted by Gasteiger charge is -2.30. The highest BCUT2D eigenvalue weighted by Gasteiger charge is 2.21. The van der Waals surface area contributed by atoms with E-state index in [-0.39, 0.29) is 12.1 Å². The van der Waals surface area contributed by atoms with Gasteiger partial charge in [0.25, 0.3) is 0 Å². The van der Waals surface area contributed by atoms with Crippen molar-refractivity contribution in [2.45, 2.75) is 72.9 Å². The maximum atomic E-state index is 13.2. The normalized spacial score (nSPS) is 12.3. The number of anilines is 1. The average Bonchev–Trinajstić information content (AvgIpc) is 2.75. The first-order valence-electron chi connectivity index (χ1n) is 11.7. The van der Waals surface area contributed by atoms with E-state index in [9.17, 15) is 4.79 Å². The molecule has 1 N–H and O–H groups in total. The lowest BCUT2D eigenvalue weighted by Crippen LogP contribution is -2.41. The summed E-state index contributed by atoms with van der Waals surface area (Å²) in [5.74, 6) is 0.472. The molecule has 0 aliphatic rings. The molecule has 1 aromatic carbocycles. The van der Waals surface area contributed by atoms with Crippen LogP contribution >= 0.6 is 0 Å². The standard InChI is InChI=1S/C26H40N4O/c1-7-29(8-2)18-10-12-22(6)30(19-25-13-9-11-21(5)27-25)26(31)28-24-16-14-23(15-17-24)20(3)4/h9,11,13-17,20,22H,7-8,10,12,18-19H2,1-6H3,(H,28,31). The molecular weight excluding hydrogens is 384 g/mol. The van der Waals surface area contributed by atoms with Gasteiger partial charge in [0.15, 0.2) is 0 Å². The summed E-state index contributed by atoms with van der Waals surface area (Å²) in [6, 6.07) is 14.2. The van der Waals surface area contributed by atoms with Gasteiger partial charge in [0.2, 0.25) is 0 Å². The van der Waals surface area contributed by atoms with Crippen LogP contribution in [0.15, 0.2) is 42.5 Å². The molecule has 0 radical (unpaired) electrons. The summed E-state index contributed by atoms with van der Waals surface area (Å²) in [5.41, 5.74) is 3.98. The number of hydrogen-bond acceptors (Lipinski definition) is 3. The van der Waals surface area contributed by atoms with Crippen LogP contribution in [0.25, 0.3) is 0 Å². The summed E-state index contributed by atoms with van der Waals surface area (Å²) in [6.45, 7) is 16.5. The summed E-state index contributed by atoms with van der Waals surface area (Å²) in [5, 5.41) is 3.09. The molecule has 0 spiro atoms. The average molecular weight is 425 g/mol. The van der Waals surface area contributed by atoms with E-state index >= 15 is 0 Å². The van der Waals surface area contributed by atoms with Crippen LogP contribution < -0.4 is 5.32 Å². The molecule has 2 rings (SSSR count). The first kappa shape index (κ1) is 24.9. The van der Waals surface area contributed by atoms with Gasteiger partial charge in [0.05, 0.1) is 12.2 Å². The zero-order valence-corrected chi connectivity index (χ0v) is 20.2. The Labute approximate surface area is 188 Å². The Morgan fingerprint density at radius 2 is 1.71 bits per heavy atom. The molecule has 5 nitrogen and oxygen atoms in total. The molecule has 0 bridgehead atoms. The fraction of sp³-hybridized carbons (Fsp3) is 0.538. The van der Waals surface area contributed by atoms with Gasteiger partial charge in [0.1, 0.15) is 0 Å². The molecule has 1 heterocycles. The molecule has 2 amide bonds. The summed E-state index contributed by atoms with van der Waals surface area (Å²) in [7, 11) is 0. The summed E-state index contributed by atoms with van der Waals surface area (Å²) in [6.07, 6.45) is 2.03. The van der Waals surface area contributed by atoms with Gasteiger partial charge in [-0.1, -0.05) is 45.9 Å². The molecule has 0 saturated carbocycles. The van der Waals surface area contributed by atoms with Crippen LogP contribution in [-0.4, -0.2) is 46.5 Å². The van der Waals surface area contributed by atoms with Crippen LogP contribution in [0.5, 0.6) is 0 Å². The topological polar surface area (TPSA) is 48.5 Å². The molecule has 1 unspecified atom stereocenters. The smallest absolute Gasteiger partial charge is 0.316 e. The molecule has 5 heteroatoms. The predicted octanol–water partition coefficient (Wildman–Crippen LogP) is 6.06. The van der Waals surface area contributed by atoms with Crippen LogP contribution in [0.3, 0.4) is 0 Å². The number of aromatic nitrogens is 1. The summed E-state index contributed by atoms with van der Waals surface area (Å²) < 4.78 is 0. The zero-order chi connectivity index (χ0) is 22.8. The molecule has 0 aliphatic carbocycles. The van der Waals surface area contributed by atoms with Crippen LogP contribution in [0, 0.1) is 6.92 Å². The number of amides is 2. The van der Waals surface area contributed by atoms with E-state index in [0.29, 0.717) is 12.5 Å². The summed E-state index contributed by atoms with van der Waals surface area (Å²) >= 11 is 0. The Hall–Kier alpha value is -2.40. The van der Waals surface area contributed by atoms with E-state index in [1.54, 1.807) is 0 Å². The number of aryl methyl sites for hydroxylation is 1. The molecule has 1 atom stereocenters. The van der Waals surface area contributed by atoms with Crippen molar-refractivity contribution >= 4 is 11.7 Å². The quantitative estimate of drug-likeness (QED) is 0.477. The highest BCUT2D eigenvalue weighted by Crippen LogP contribution is 2.19. The van der Waals surface area contributed by atoms with Gasteiger partial charge in [-0.3, -0.25) is 4.98 Å². The number of nitrogens with zero attached hydrogens (tertiary/aromatic N) is 3. The van der Waals surface area contributed by atoms with E-state index in [4.69, 9.17) is 0 Å². The largest absolute Gasteiger partial charge is 0.322 e. The van der Waals surface area contributed by atoms with Gasteiger partial charge >= 0.3 is 6.03 Å². The van der Waals surface area contributed by atoms with E-state index in [0.717, 1.165) is 49.6 Å². The van der Waals surface area contributed by atoms with Gasteiger partial charge in [-0.05, 0) is 82.1 Å². The minimum atomic E-state index is -0.0732. The predicted molar refractivity (Wildman–Crippen MR) is 131 cm³/mol. The van der Waals surface area contributed by atoms with Crippen LogP contribution in [-0.2, 0) is 6.54 Å². The zero-order valence-electron chi connectivity index (χ0n) is 20.2. The van der Waals surface area contributed by atoms with Gasteiger partial charge in [-0.2, -0.15) is 0 Å². The number of hydrogen-bond donors (Lipinski definition) is 1. The Morgan fingerprint density at radius 3 is 2.29 bits per heavy atom. The Balaban J connectivity index is 2.10. The van der Waals surface area contributed by atoms with E-state index < -0.39 is 0 Å². The minimum Gasteiger partial charge on any atom is -0.316 e. The highest BCUT2D eigenvalue weighted by atomic mass is 16.2. The molecule has 0 saturated heterocycles. The fourth-order valence-electron chi connectivity index (χ4n) is 3.74. The van der Waals surface area contributed by atoms with Crippen LogP contribution in [0.2, 0.25) is 0 Å².